The van der Waals surface area contributed by atoms with Crippen LogP contribution in [0, 0.1) is 0 Å². The zero-order chi connectivity index (χ0) is 18.4. The molecule has 0 spiro atoms. The second kappa shape index (κ2) is 8.61. The number of aromatic nitrogens is 4. The first-order chi connectivity index (χ1) is 11.9. The first kappa shape index (κ1) is 19.6. The Morgan fingerprint density at radius 2 is 1.96 bits per heavy atom. The fourth-order valence-corrected chi connectivity index (χ4v) is 3.54. The molecular weight excluding hydrogens is 359 g/mol. The number of halogens is 2. The molecule has 0 unspecified atom stereocenters. The third kappa shape index (κ3) is 4.91. The molecule has 0 aliphatic heterocycles. The summed E-state index contributed by atoms with van der Waals surface area (Å²) in [5, 5.41) is 3.96. The predicted octanol–water partition coefficient (Wildman–Crippen LogP) is 2.12. The molecule has 9 nitrogen and oxygen atoms in total. The number of alkyl halides is 2. The van der Waals surface area contributed by atoms with Crippen LogP contribution in [-0.4, -0.2) is 51.7 Å². The van der Waals surface area contributed by atoms with E-state index in [1.54, 1.807) is 13.8 Å². The van der Waals surface area contributed by atoms with Gasteiger partial charge in [0.15, 0.2) is 5.65 Å². The van der Waals surface area contributed by atoms with E-state index < -0.39 is 26.5 Å². The molecule has 2 aromatic rings. The van der Waals surface area contributed by atoms with E-state index in [0.29, 0.717) is 11.2 Å². The van der Waals surface area contributed by atoms with Crippen LogP contribution in [0.1, 0.15) is 19.4 Å². The van der Waals surface area contributed by atoms with Crippen molar-refractivity contribution in [3.05, 3.63) is 18.1 Å². The van der Waals surface area contributed by atoms with Crippen LogP contribution in [0.15, 0.2) is 12.5 Å². The van der Waals surface area contributed by atoms with Crippen LogP contribution in [-0.2, 0) is 24.8 Å². The Morgan fingerprint density at radius 1 is 1.28 bits per heavy atom. The molecular formula is C13H20F2N5O4P. The van der Waals surface area contributed by atoms with Gasteiger partial charge in [0.25, 0.3) is 6.43 Å². The molecule has 2 rings (SSSR count). The van der Waals surface area contributed by atoms with Crippen molar-refractivity contribution >= 4 is 19.2 Å². The Kier molecular flexibility index (Phi) is 6.77. The number of nitrogens with two attached hydrogens (primary N) is 1. The number of hydrogen-bond acceptors (Lipinski definition) is 8. The van der Waals surface area contributed by atoms with Crippen LogP contribution in [0.4, 0.5) is 14.7 Å². The van der Waals surface area contributed by atoms with Crippen LogP contribution >= 0.6 is 7.60 Å². The smallest absolute Gasteiger partial charge is 0.356 e. The van der Waals surface area contributed by atoms with E-state index in [-0.39, 0.29) is 25.6 Å². The van der Waals surface area contributed by atoms with Crippen molar-refractivity contribution in [2.75, 3.05) is 25.3 Å². The molecule has 2 N–H and O–H groups in total. The van der Waals surface area contributed by atoms with Crippen molar-refractivity contribution in [3.8, 4) is 0 Å². The Labute approximate surface area is 143 Å². The lowest BCUT2D eigenvalue weighted by Gasteiger charge is -2.21. The largest absolute Gasteiger partial charge is 0.368 e. The van der Waals surface area contributed by atoms with E-state index in [1.807, 2.05) is 0 Å². The van der Waals surface area contributed by atoms with Crippen molar-refractivity contribution in [1.82, 2.24) is 19.6 Å². The van der Waals surface area contributed by atoms with Gasteiger partial charge in [-0.05, 0) is 13.8 Å². The Morgan fingerprint density at radius 3 is 2.56 bits per heavy atom. The van der Waals surface area contributed by atoms with E-state index in [9.17, 15) is 13.3 Å². The molecule has 0 saturated carbocycles. The molecule has 0 aromatic carbocycles. The summed E-state index contributed by atoms with van der Waals surface area (Å²) in [5.41, 5.74) is 6.35. The summed E-state index contributed by atoms with van der Waals surface area (Å²) in [6.07, 6.45) is -2.53. The zero-order valence-electron chi connectivity index (χ0n) is 13.8. The van der Waals surface area contributed by atoms with Crippen LogP contribution in [0.2, 0.25) is 0 Å². The summed E-state index contributed by atoms with van der Waals surface area (Å²) >= 11 is 0. The summed E-state index contributed by atoms with van der Waals surface area (Å²) in [5.74, 6) is 0.0861. The third-order valence-corrected chi connectivity index (χ3v) is 4.97. The molecule has 0 fully saturated rings. The molecule has 1 atom stereocenters. The van der Waals surface area contributed by atoms with Gasteiger partial charge in [-0.25, -0.2) is 18.7 Å². The normalized spacial score (nSPS) is 13.6. The van der Waals surface area contributed by atoms with Crippen LogP contribution in [0.3, 0.4) is 0 Å². The maximum Gasteiger partial charge on any atom is 0.356 e. The monoisotopic (exact) mass is 379 g/mol. The van der Waals surface area contributed by atoms with Gasteiger partial charge in [-0.3, -0.25) is 4.57 Å². The zero-order valence-corrected chi connectivity index (χ0v) is 14.7. The van der Waals surface area contributed by atoms with Crippen molar-refractivity contribution in [1.29, 1.82) is 0 Å². The lowest BCUT2D eigenvalue weighted by Crippen LogP contribution is -2.26. The highest BCUT2D eigenvalue weighted by atomic mass is 31.2. The van der Waals surface area contributed by atoms with Gasteiger partial charge < -0.3 is 19.5 Å². The minimum absolute atomic E-state index is 0.0861. The van der Waals surface area contributed by atoms with E-state index >= 15 is 0 Å². The quantitative estimate of drug-likeness (QED) is 0.625. The lowest BCUT2D eigenvalue weighted by atomic mass is 10.1. The van der Waals surface area contributed by atoms with Crippen molar-refractivity contribution in [3.63, 3.8) is 0 Å². The second-order valence-electron chi connectivity index (χ2n) is 4.96. The first-order valence-electron chi connectivity index (χ1n) is 7.61. The van der Waals surface area contributed by atoms with Crippen LogP contribution in [0.5, 0.6) is 0 Å². The number of ether oxygens (including phenoxy) is 1. The minimum atomic E-state index is -3.58. The van der Waals surface area contributed by atoms with Gasteiger partial charge in [0.2, 0.25) is 5.95 Å². The molecule has 0 bridgehead atoms. The van der Waals surface area contributed by atoms with Gasteiger partial charge in [0.1, 0.15) is 18.8 Å². The van der Waals surface area contributed by atoms with Crippen molar-refractivity contribution in [2.24, 2.45) is 0 Å². The van der Waals surface area contributed by atoms with Gasteiger partial charge in [-0.15, -0.1) is 0 Å². The molecule has 12 heteroatoms. The highest BCUT2D eigenvalue weighted by Gasteiger charge is 2.30. The first-order valence-corrected chi connectivity index (χ1v) is 9.34. The number of nitrogens with zero attached hydrogens (tertiary/aromatic N) is 4. The average Bonchev–Trinajstić information content (AvgIpc) is 2.96. The molecule has 0 aliphatic carbocycles. The number of hydrogen-bond donors (Lipinski definition) is 1. The summed E-state index contributed by atoms with van der Waals surface area (Å²) in [7, 11) is -3.58. The van der Waals surface area contributed by atoms with Crippen LogP contribution in [0.25, 0.3) is 5.65 Å². The molecule has 25 heavy (non-hydrogen) atoms. The Bertz CT molecular complexity index is 734. The Hall–Kier alpha value is -1.68. The summed E-state index contributed by atoms with van der Waals surface area (Å²) < 4.78 is 55.5. The Balaban J connectivity index is 2.12. The SMILES string of the molecule is CCOP(=O)(CO[C@H](Cc1cnn2c(N)ncnc12)C(F)F)OCC. The summed E-state index contributed by atoms with van der Waals surface area (Å²) in [4.78, 5) is 7.75. The molecule has 140 valence electrons. The maximum atomic E-state index is 13.3. The van der Waals surface area contributed by atoms with E-state index in [0.717, 1.165) is 0 Å². The molecule has 0 saturated heterocycles. The molecule has 0 aliphatic rings. The van der Waals surface area contributed by atoms with Gasteiger partial charge in [-0.1, -0.05) is 0 Å². The maximum absolute atomic E-state index is 13.3. The number of fused-ring (bicyclic) bond motifs is 1. The lowest BCUT2D eigenvalue weighted by molar-refractivity contribution is -0.0443. The number of anilines is 1. The molecule has 0 amide bonds. The standard InChI is InChI=1S/C13H20F2N5O4P/c1-3-23-25(21,24-4-2)8-22-10(11(14)15)5-9-6-19-20-12(9)17-7-18-13(20)16/h6-7,10-11H,3-5,8H2,1-2H3,(H2,16,17,18)/t10-/m1/s1. The van der Waals surface area contributed by atoms with Crippen LogP contribution < -0.4 is 5.73 Å². The predicted molar refractivity (Wildman–Crippen MR) is 85.5 cm³/mol. The molecule has 0 radical (unpaired) electrons. The van der Waals surface area contributed by atoms with Crippen molar-refractivity contribution < 1.29 is 27.1 Å². The van der Waals surface area contributed by atoms with Gasteiger partial charge in [-0.2, -0.15) is 9.61 Å². The average molecular weight is 379 g/mol. The van der Waals surface area contributed by atoms with Gasteiger partial charge >= 0.3 is 7.60 Å². The van der Waals surface area contributed by atoms with E-state index in [1.165, 1.54) is 17.0 Å². The molecule has 2 heterocycles. The van der Waals surface area contributed by atoms with Gasteiger partial charge in [0.05, 0.1) is 19.4 Å². The minimum Gasteiger partial charge on any atom is -0.368 e. The number of rotatable bonds is 10. The van der Waals surface area contributed by atoms with Crippen molar-refractivity contribution in [2.45, 2.75) is 32.8 Å². The fourth-order valence-electron chi connectivity index (χ4n) is 2.15. The highest BCUT2D eigenvalue weighted by molar-refractivity contribution is 7.53. The van der Waals surface area contributed by atoms with E-state index in [2.05, 4.69) is 15.1 Å². The second-order valence-corrected chi connectivity index (χ2v) is 6.95. The number of nitrogen functional groups attached to an aromatic ring is 1. The van der Waals surface area contributed by atoms with E-state index in [4.69, 9.17) is 19.5 Å². The fraction of sp³-hybridized carbons (Fsp3) is 0.615. The highest BCUT2D eigenvalue weighted by Crippen LogP contribution is 2.48. The molecule has 2 aromatic heterocycles. The summed E-state index contributed by atoms with van der Waals surface area (Å²) in [6, 6.07) is 0. The third-order valence-electron chi connectivity index (χ3n) is 3.20. The van der Waals surface area contributed by atoms with Gasteiger partial charge in [0, 0.05) is 12.0 Å². The summed E-state index contributed by atoms with van der Waals surface area (Å²) in [6.45, 7) is 3.48. The topological polar surface area (TPSA) is 114 Å².